The molecule has 0 aliphatic heterocycles. The molecule has 132 valence electrons. The summed E-state index contributed by atoms with van der Waals surface area (Å²) in [5.41, 5.74) is 1.23. The molecule has 2 aromatic rings. The standard InChI is InChI=1S/C13H10Cl3N5O3S/c1-5(25-12-11(23)18-13(24)21-20-12)10(22)19-17-4-6-7(14)2-3-8(15)9(6)16/h2-5H,1H3,(H,19,22)(H2,18,21,23,24)/b17-4+. The van der Waals surface area contributed by atoms with E-state index < -0.39 is 22.4 Å². The predicted molar refractivity (Wildman–Crippen MR) is 98.0 cm³/mol. The number of aromatic nitrogens is 3. The maximum atomic E-state index is 12.0. The number of hydrogen-bond acceptors (Lipinski definition) is 6. The van der Waals surface area contributed by atoms with E-state index in [9.17, 15) is 14.4 Å². The number of halogens is 3. The molecule has 12 heteroatoms. The summed E-state index contributed by atoms with van der Waals surface area (Å²) < 4.78 is 0. The molecule has 0 radical (unpaired) electrons. The Bertz CT molecular complexity index is 943. The van der Waals surface area contributed by atoms with Crippen LogP contribution >= 0.6 is 46.6 Å². The Kier molecular flexibility index (Phi) is 6.65. The number of thioether (sulfide) groups is 1. The Hall–Kier alpha value is -1.81. The number of amides is 1. The van der Waals surface area contributed by atoms with Gasteiger partial charge in [0.25, 0.3) is 11.5 Å². The summed E-state index contributed by atoms with van der Waals surface area (Å²) in [6.07, 6.45) is 1.26. The lowest BCUT2D eigenvalue weighted by atomic mass is 10.2. The summed E-state index contributed by atoms with van der Waals surface area (Å²) in [7, 11) is 0. The summed E-state index contributed by atoms with van der Waals surface area (Å²) in [5.74, 6) is -0.497. The molecular weight excluding hydrogens is 413 g/mol. The molecule has 1 amide bonds. The van der Waals surface area contributed by atoms with Crippen molar-refractivity contribution in [1.29, 1.82) is 0 Å². The SMILES string of the molecule is CC(Sc1n[nH]c(=O)[nH]c1=O)C(=O)N/N=C/c1c(Cl)ccc(Cl)c1Cl. The third-order valence-corrected chi connectivity index (χ3v) is 5.00. The van der Waals surface area contributed by atoms with Crippen molar-refractivity contribution in [1.82, 2.24) is 20.6 Å². The maximum Gasteiger partial charge on any atom is 0.342 e. The van der Waals surface area contributed by atoms with Crippen molar-refractivity contribution in [2.75, 3.05) is 0 Å². The number of hydrazone groups is 1. The van der Waals surface area contributed by atoms with Gasteiger partial charge in [-0.25, -0.2) is 15.3 Å². The lowest BCUT2D eigenvalue weighted by Crippen LogP contribution is -2.30. The molecule has 0 saturated carbocycles. The lowest BCUT2D eigenvalue weighted by molar-refractivity contribution is -0.120. The van der Waals surface area contributed by atoms with E-state index in [0.717, 1.165) is 11.8 Å². The minimum atomic E-state index is -0.730. The van der Waals surface area contributed by atoms with Crippen molar-refractivity contribution in [3.63, 3.8) is 0 Å². The molecule has 0 aliphatic rings. The molecule has 25 heavy (non-hydrogen) atoms. The first-order valence-corrected chi connectivity index (χ1v) is 8.63. The van der Waals surface area contributed by atoms with Gasteiger partial charge in [0.2, 0.25) is 0 Å². The Balaban J connectivity index is 2.03. The average Bonchev–Trinajstić information content (AvgIpc) is 2.56. The Morgan fingerprint density at radius 2 is 2.00 bits per heavy atom. The minimum Gasteiger partial charge on any atom is -0.272 e. The fraction of sp³-hybridized carbons (Fsp3) is 0.154. The van der Waals surface area contributed by atoms with Gasteiger partial charge < -0.3 is 0 Å². The van der Waals surface area contributed by atoms with Crippen LogP contribution in [0.2, 0.25) is 15.1 Å². The highest BCUT2D eigenvalue weighted by Crippen LogP contribution is 2.29. The van der Waals surface area contributed by atoms with Gasteiger partial charge in [0, 0.05) is 5.56 Å². The summed E-state index contributed by atoms with van der Waals surface area (Å²) >= 11 is 18.7. The van der Waals surface area contributed by atoms with E-state index in [1.54, 1.807) is 13.0 Å². The quantitative estimate of drug-likeness (QED) is 0.295. The molecule has 0 bridgehead atoms. The zero-order valence-electron chi connectivity index (χ0n) is 12.5. The molecule has 8 nitrogen and oxygen atoms in total. The molecule has 1 aromatic heterocycles. The van der Waals surface area contributed by atoms with Crippen LogP contribution in [0, 0.1) is 0 Å². The number of carbonyl (C=O) groups excluding carboxylic acids is 1. The molecule has 1 aromatic carbocycles. The van der Waals surface area contributed by atoms with Crippen LogP contribution in [0.1, 0.15) is 12.5 Å². The van der Waals surface area contributed by atoms with E-state index in [1.165, 1.54) is 12.3 Å². The average molecular weight is 423 g/mol. The Labute approximate surface area is 160 Å². The van der Waals surface area contributed by atoms with Crippen LogP contribution in [-0.4, -0.2) is 32.6 Å². The first-order chi connectivity index (χ1) is 11.8. The highest BCUT2D eigenvalue weighted by atomic mass is 35.5. The smallest absolute Gasteiger partial charge is 0.272 e. The maximum absolute atomic E-state index is 12.0. The van der Waals surface area contributed by atoms with E-state index >= 15 is 0 Å². The minimum absolute atomic E-state index is 0.0489. The third-order valence-electron chi connectivity index (χ3n) is 2.79. The van der Waals surface area contributed by atoms with Crippen molar-refractivity contribution in [3.8, 4) is 0 Å². The molecule has 0 spiro atoms. The number of benzene rings is 1. The van der Waals surface area contributed by atoms with Gasteiger partial charge in [0.05, 0.1) is 26.5 Å². The number of rotatable bonds is 5. The zero-order valence-corrected chi connectivity index (χ0v) is 15.6. The van der Waals surface area contributed by atoms with E-state index in [0.29, 0.717) is 15.6 Å². The van der Waals surface area contributed by atoms with Gasteiger partial charge >= 0.3 is 5.69 Å². The van der Waals surface area contributed by atoms with E-state index in [4.69, 9.17) is 34.8 Å². The van der Waals surface area contributed by atoms with Gasteiger partial charge in [-0.15, -0.1) is 0 Å². The lowest BCUT2D eigenvalue weighted by Gasteiger charge is -2.08. The topological polar surface area (TPSA) is 120 Å². The summed E-state index contributed by atoms with van der Waals surface area (Å²) in [6, 6.07) is 3.08. The molecule has 1 unspecified atom stereocenters. The van der Waals surface area contributed by atoms with Crippen molar-refractivity contribution >= 4 is 58.7 Å². The second-order valence-corrected chi connectivity index (χ2v) is 7.09. The fourth-order valence-electron chi connectivity index (χ4n) is 1.55. The highest BCUT2D eigenvalue weighted by molar-refractivity contribution is 8.00. The predicted octanol–water partition coefficient (Wildman–Crippen LogP) is 2.05. The van der Waals surface area contributed by atoms with Gasteiger partial charge in [-0.3, -0.25) is 14.6 Å². The molecule has 1 heterocycles. The second kappa shape index (κ2) is 8.52. The van der Waals surface area contributed by atoms with Gasteiger partial charge in [-0.05, 0) is 19.1 Å². The van der Waals surface area contributed by atoms with Crippen molar-refractivity contribution in [2.24, 2.45) is 5.10 Å². The first kappa shape index (κ1) is 19.5. The Morgan fingerprint density at radius 1 is 1.32 bits per heavy atom. The van der Waals surface area contributed by atoms with Crippen molar-refractivity contribution in [2.45, 2.75) is 17.2 Å². The van der Waals surface area contributed by atoms with E-state index in [1.807, 2.05) is 4.98 Å². The van der Waals surface area contributed by atoms with Gasteiger partial charge in [-0.2, -0.15) is 10.2 Å². The van der Waals surface area contributed by atoms with Gasteiger partial charge in [0.15, 0.2) is 5.03 Å². The first-order valence-electron chi connectivity index (χ1n) is 6.61. The van der Waals surface area contributed by atoms with Crippen LogP contribution in [0.4, 0.5) is 0 Å². The summed E-state index contributed by atoms with van der Waals surface area (Å²) in [4.78, 5) is 36.5. The van der Waals surface area contributed by atoms with Crippen LogP contribution in [0.25, 0.3) is 0 Å². The fourth-order valence-corrected chi connectivity index (χ4v) is 2.93. The normalized spacial score (nSPS) is 12.3. The largest absolute Gasteiger partial charge is 0.342 e. The molecule has 3 N–H and O–H groups in total. The van der Waals surface area contributed by atoms with Crippen LogP contribution in [0.3, 0.4) is 0 Å². The van der Waals surface area contributed by atoms with E-state index in [2.05, 4.69) is 20.7 Å². The number of H-pyrrole nitrogens is 2. The highest BCUT2D eigenvalue weighted by Gasteiger charge is 2.17. The van der Waals surface area contributed by atoms with Crippen LogP contribution < -0.4 is 16.7 Å². The zero-order chi connectivity index (χ0) is 18.6. The molecule has 1 atom stereocenters. The number of nitrogens with one attached hydrogen (secondary N) is 3. The molecule has 0 saturated heterocycles. The van der Waals surface area contributed by atoms with Crippen LogP contribution in [0.15, 0.2) is 31.8 Å². The van der Waals surface area contributed by atoms with Gasteiger partial charge in [0.1, 0.15) is 0 Å². The molecule has 0 aliphatic carbocycles. The number of aromatic amines is 2. The van der Waals surface area contributed by atoms with Crippen molar-refractivity contribution in [3.05, 3.63) is 53.6 Å². The van der Waals surface area contributed by atoms with Crippen molar-refractivity contribution < 1.29 is 4.79 Å². The molecule has 0 fully saturated rings. The number of hydrogen-bond donors (Lipinski definition) is 3. The summed E-state index contributed by atoms with van der Waals surface area (Å²) in [6.45, 7) is 1.54. The van der Waals surface area contributed by atoms with E-state index in [-0.39, 0.29) is 10.0 Å². The summed E-state index contributed by atoms with van der Waals surface area (Å²) in [5, 5.41) is 9.50. The number of carbonyl (C=O) groups is 1. The molecule has 2 rings (SSSR count). The monoisotopic (exact) mass is 421 g/mol. The third kappa shape index (κ3) is 5.08. The second-order valence-electron chi connectivity index (χ2n) is 4.56. The number of nitrogens with zero attached hydrogens (tertiary/aromatic N) is 2. The Morgan fingerprint density at radius 3 is 2.68 bits per heavy atom. The van der Waals surface area contributed by atoms with Crippen LogP contribution in [0.5, 0.6) is 0 Å². The van der Waals surface area contributed by atoms with Crippen LogP contribution in [-0.2, 0) is 4.79 Å². The molecular formula is C13H10Cl3N5O3S. The van der Waals surface area contributed by atoms with Gasteiger partial charge in [-0.1, -0.05) is 46.6 Å².